The summed E-state index contributed by atoms with van der Waals surface area (Å²) in [5.41, 5.74) is 2.88. The van der Waals surface area contributed by atoms with Crippen LogP contribution in [0.15, 0.2) is 46.5 Å². The Morgan fingerprint density at radius 1 is 1.32 bits per heavy atom. The molecule has 0 saturated carbocycles. The van der Waals surface area contributed by atoms with Crippen molar-refractivity contribution in [2.45, 2.75) is 13.5 Å². The van der Waals surface area contributed by atoms with Gasteiger partial charge in [-0.2, -0.15) is 0 Å². The molecule has 0 radical (unpaired) electrons. The zero-order valence-corrected chi connectivity index (χ0v) is 11.2. The highest BCUT2D eigenvalue weighted by Gasteiger charge is 2.05. The minimum absolute atomic E-state index is 0.400. The van der Waals surface area contributed by atoms with Crippen LogP contribution in [-0.2, 0) is 6.61 Å². The quantitative estimate of drug-likeness (QED) is 0.726. The van der Waals surface area contributed by atoms with Gasteiger partial charge >= 0.3 is 0 Å². The molecule has 1 aromatic carbocycles. The lowest BCUT2D eigenvalue weighted by atomic mass is 10.2. The molecule has 0 spiro atoms. The maximum atomic E-state index is 5.67. The van der Waals surface area contributed by atoms with E-state index in [9.17, 15) is 0 Å². The first-order chi connectivity index (χ1) is 9.31. The first-order valence-electron chi connectivity index (χ1n) is 5.86. The van der Waals surface area contributed by atoms with Gasteiger partial charge in [0.2, 0.25) is 0 Å². The lowest BCUT2D eigenvalue weighted by molar-refractivity contribution is 0.289. The van der Waals surface area contributed by atoms with Crippen molar-refractivity contribution in [2.75, 3.05) is 0 Å². The molecule has 0 amide bonds. The predicted molar refractivity (Wildman–Crippen MR) is 73.1 cm³/mol. The molecular weight excluding hydrogens is 260 g/mol. The van der Waals surface area contributed by atoms with Crippen LogP contribution >= 0.6 is 11.3 Å². The Morgan fingerprint density at radius 3 is 3.00 bits per heavy atom. The van der Waals surface area contributed by atoms with Crippen LogP contribution in [0.2, 0.25) is 0 Å². The second-order valence-electron chi connectivity index (χ2n) is 4.10. The number of hydrogen-bond donors (Lipinski definition) is 0. The molecule has 5 heteroatoms. The third-order valence-electron chi connectivity index (χ3n) is 2.58. The Morgan fingerprint density at radius 2 is 2.26 bits per heavy atom. The summed E-state index contributed by atoms with van der Waals surface area (Å²) in [7, 11) is 0. The third kappa shape index (κ3) is 2.82. The number of aromatic nitrogens is 2. The van der Waals surface area contributed by atoms with Gasteiger partial charge in [0.15, 0.2) is 0 Å². The minimum atomic E-state index is 0.400. The Hall–Kier alpha value is -2.14. The number of ether oxygens (including phenoxy) is 1. The summed E-state index contributed by atoms with van der Waals surface area (Å²) in [6, 6.07) is 9.68. The number of hydrogen-bond acceptors (Lipinski definition) is 5. The Bertz CT molecular complexity index is 662. The zero-order valence-electron chi connectivity index (χ0n) is 10.4. The van der Waals surface area contributed by atoms with Gasteiger partial charge in [-0.05, 0) is 19.1 Å². The summed E-state index contributed by atoms with van der Waals surface area (Å²) >= 11 is 1.63. The fraction of sp³-hybridized carbons (Fsp3) is 0.143. The van der Waals surface area contributed by atoms with E-state index in [1.54, 1.807) is 17.4 Å². The normalized spacial score (nSPS) is 10.6. The largest absolute Gasteiger partial charge is 0.487 e. The summed E-state index contributed by atoms with van der Waals surface area (Å²) < 4.78 is 10.4. The van der Waals surface area contributed by atoms with E-state index in [0.717, 1.165) is 27.7 Å². The Kier molecular flexibility index (Phi) is 3.29. The van der Waals surface area contributed by atoms with Crippen LogP contribution in [0.5, 0.6) is 5.75 Å². The highest BCUT2D eigenvalue weighted by molar-refractivity contribution is 7.13. The van der Waals surface area contributed by atoms with Crippen molar-refractivity contribution < 1.29 is 9.26 Å². The second kappa shape index (κ2) is 5.24. The third-order valence-corrected chi connectivity index (χ3v) is 3.59. The fourth-order valence-electron chi connectivity index (χ4n) is 1.67. The molecule has 0 aliphatic heterocycles. The van der Waals surface area contributed by atoms with E-state index >= 15 is 0 Å². The van der Waals surface area contributed by atoms with E-state index in [2.05, 4.69) is 10.1 Å². The van der Waals surface area contributed by atoms with Crippen molar-refractivity contribution in [3.8, 4) is 16.3 Å². The Labute approximate surface area is 114 Å². The van der Waals surface area contributed by atoms with Gasteiger partial charge in [0.1, 0.15) is 29.3 Å². The number of nitrogens with zero attached hydrogens (tertiary/aromatic N) is 2. The van der Waals surface area contributed by atoms with Crippen molar-refractivity contribution in [3.05, 3.63) is 53.4 Å². The topological polar surface area (TPSA) is 48.2 Å². The molecule has 96 valence electrons. The standard InChI is InChI=1S/C14H12N2O2S/c1-10-9-19-14(15-10)11-3-2-4-13(7-11)17-8-12-5-6-18-16-12/h2-7,9H,8H2,1H3. The molecule has 0 bridgehead atoms. The lowest BCUT2D eigenvalue weighted by Crippen LogP contribution is -1.95. The van der Waals surface area contributed by atoms with Gasteiger partial charge in [0, 0.05) is 22.7 Å². The Balaban J connectivity index is 1.76. The SMILES string of the molecule is Cc1csc(-c2cccc(OCc3ccon3)c2)n1. The van der Waals surface area contributed by atoms with Gasteiger partial charge in [0.25, 0.3) is 0 Å². The smallest absolute Gasteiger partial charge is 0.134 e. The number of rotatable bonds is 4. The van der Waals surface area contributed by atoms with E-state index in [4.69, 9.17) is 9.26 Å². The summed E-state index contributed by atoms with van der Waals surface area (Å²) in [5.74, 6) is 0.799. The lowest BCUT2D eigenvalue weighted by Gasteiger charge is -2.05. The molecule has 0 saturated heterocycles. The summed E-state index contributed by atoms with van der Waals surface area (Å²) in [6.45, 7) is 2.39. The van der Waals surface area contributed by atoms with E-state index in [0.29, 0.717) is 6.61 Å². The van der Waals surface area contributed by atoms with Crippen LogP contribution in [0.25, 0.3) is 10.6 Å². The molecule has 0 aliphatic carbocycles. The van der Waals surface area contributed by atoms with Gasteiger partial charge in [0.05, 0.1) is 0 Å². The molecule has 2 heterocycles. The molecule has 0 unspecified atom stereocenters. The molecule has 0 N–H and O–H groups in total. The van der Waals surface area contributed by atoms with E-state index in [-0.39, 0.29) is 0 Å². The average molecular weight is 272 g/mol. The summed E-state index contributed by atoms with van der Waals surface area (Å²) in [4.78, 5) is 4.47. The van der Waals surface area contributed by atoms with Gasteiger partial charge in [-0.1, -0.05) is 17.3 Å². The van der Waals surface area contributed by atoms with Crippen molar-refractivity contribution in [1.29, 1.82) is 0 Å². The molecule has 0 fully saturated rings. The molecule has 3 rings (SSSR count). The summed E-state index contributed by atoms with van der Waals surface area (Å²) in [6.07, 6.45) is 1.54. The maximum Gasteiger partial charge on any atom is 0.134 e. The predicted octanol–water partition coefficient (Wildman–Crippen LogP) is 3.69. The molecule has 4 nitrogen and oxygen atoms in total. The number of benzene rings is 1. The average Bonchev–Trinajstić information content (AvgIpc) is 3.08. The van der Waals surface area contributed by atoms with E-state index in [1.807, 2.05) is 36.6 Å². The zero-order chi connectivity index (χ0) is 13.1. The first-order valence-corrected chi connectivity index (χ1v) is 6.74. The van der Waals surface area contributed by atoms with Gasteiger partial charge < -0.3 is 9.26 Å². The monoisotopic (exact) mass is 272 g/mol. The van der Waals surface area contributed by atoms with Crippen LogP contribution in [0.3, 0.4) is 0 Å². The van der Waals surface area contributed by atoms with Crippen LogP contribution in [0.1, 0.15) is 11.4 Å². The van der Waals surface area contributed by atoms with Crippen LogP contribution < -0.4 is 4.74 Å². The molecule has 0 atom stereocenters. The van der Waals surface area contributed by atoms with Crippen LogP contribution in [0, 0.1) is 6.92 Å². The highest BCUT2D eigenvalue weighted by Crippen LogP contribution is 2.27. The molecule has 3 aromatic rings. The molecule has 19 heavy (non-hydrogen) atoms. The minimum Gasteiger partial charge on any atom is -0.487 e. The van der Waals surface area contributed by atoms with Gasteiger partial charge in [-0.25, -0.2) is 4.98 Å². The van der Waals surface area contributed by atoms with E-state index in [1.165, 1.54) is 6.26 Å². The maximum absolute atomic E-state index is 5.67. The first kappa shape index (κ1) is 11.9. The van der Waals surface area contributed by atoms with Gasteiger partial charge in [-0.3, -0.25) is 0 Å². The van der Waals surface area contributed by atoms with Crippen molar-refractivity contribution in [1.82, 2.24) is 10.1 Å². The van der Waals surface area contributed by atoms with Crippen molar-refractivity contribution in [2.24, 2.45) is 0 Å². The van der Waals surface area contributed by atoms with E-state index < -0.39 is 0 Å². The van der Waals surface area contributed by atoms with Crippen LogP contribution in [0.4, 0.5) is 0 Å². The van der Waals surface area contributed by atoms with Crippen LogP contribution in [-0.4, -0.2) is 10.1 Å². The highest BCUT2D eigenvalue weighted by atomic mass is 32.1. The van der Waals surface area contributed by atoms with Crippen molar-refractivity contribution in [3.63, 3.8) is 0 Å². The fourth-order valence-corrected chi connectivity index (χ4v) is 2.47. The van der Waals surface area contributed by atoms with Gasteiger partial charge in [-0.15, -0.1) is 11.3 Å². The van der Waals surface area contributed by atoms with Crippen molar-refractivity contribution >= 4 is 11.3 Å². The number of thiazole rings is 1. The summed E-state index contributed by atoms with van der Waals surface area (Å²) in [5, 5.41) is 6.85. The number of aryl methyl sites for hydroxylation is 1. The second-order valence-corrected chi connectivity index (χ2v) is 4.96. The molecule has 0 aliphatic rings. The molecule has 2 aromatic heterocycles. The molecular formula is C14H12N2O2S.